The average molecular weight is 397 g/mol. The summed E-state index contributed by atoms with van der Waals surface area (Å²) in [6.07, 6.45) is 3.26. The number of methoxy groups -OCH3 is 1. The molecular formula is C23H32N4O2. The third-order valence-corrected chi connectivity index (χ3v) is 6.77. The number of carbonyl (C=O) groups is 1. The highest BCUT2D eigenvalue weighted by Gasteiger charge is 2.54. The molecule has 0 bridgehead atoms. The Labute approximate surface area is 173 Å². The predicted molar refractivity (Wildman–Crippen MR) is 114 cm³/mol. The number of anilines is 1. The van der Waals surface area contributed by atoms with Gasteiger partial charge in [0, 0.05) is 26.7 Å². The summed E-state index contributed by atoms with van der Waals surface area (Å²) in [7, 11) is 1.69. The van der Waals surface area contributed by atoms with Gasteiger partial charge in [-0.25, -0.2) is 0 Å². The smallest absolute Gasteiger partial charge is 0.232 e. The van der Waals surface area contributed by atoms with Crippen molar-refractivity contribution in [3.8, 4) is 0 Å². The summed E-state index contributed by atoms with van der Waals surface area (Å²) in [5.74, 6) is 0.614. The quantitative estimate of drug-likeness (QED) is 0.779. The number of amides is 1. The van der Waals surface area contributed by atoms with Crippen molar-refractivity contribution in [2.75, 3.05) is 32.1 Å². The van der Waals surface area contributed by atoms with Crippen LogP contribution in [0, 0.1) is 25.2 Å². The van der Waals surface area contributed by atoms with Gasteiger partial charge in [0.1, 0.15) is 0 Å². The molecule has 2 aromatic rings. The molecule has 1 amide bonds. The fraction of sp³-hybridized carbons (Fsp3) is 0.565. The monoisotopic (exact) mass is 396 g/mol. The maximum Gasteiger partial charge on any atom is 0.232 e. The van der Waals surface area contributed by atoms with Crippen LogP contribution in [0.25, 0.3) is 0 Å². The number of hydrogen-bond acceptors (Lipinski definition) is 4. The van der Waals surface area contributed by atoms with E-state index in [2.05, 4.69) is 45.6 Å². The van der Waals surface area contributed by atoms with Gasteiger partial charge in [-0.15, -0.1) is 0 Å². The molecule has 1 N–H and O–H groups in total. The van der Waals surface area contributed by atoms with Crippen molar-refractivity contribution in [3.05, 3.63) is 47.3 Å². The number of fused-ring (bicyclic) bond motifs is 1. The topological polar surface area (TPSA) is 59.4 Å². The highest BCUT2D eigenvalue weighted by Crippen LogP contribution is 2.49. The Morgan fingerprint density at radius 1 is 1.31 bits per heavy atom. The van der Waals surface area contributed by atoms with Crippen LogP contribution in [-0.4, -0.2) is 47.4 Å². The van der Waals surface area contributed by atoms with E-state index in [1.807, 2.05) is 18.5 Å². The van der Waals surface area contributed by atoms with Crippen LogP contribution in [-0.2, 0) is 22.6 Å². The molecule has 156 valence electrons. The molecule has 1 aliphatic heterocycles. The lowest BCUT2D eigenvalue weighted by Crippen LogP contribution is -2.40. The van der Waals surface area contributed by atoms with E-state index in [4.69, 9.17) is 4.74 Å². The van der Waals surface area contributed by atoms with Crippen molar-refractivity contribution < 1.29 is 9.53 Å². The molecule has 0 unspecified atom stereocenters. The number of hydrogen-bond donors (Lipinski definition) is 1. The minimum atomic E-state index is -0.276. The van der Waals surface area contributed by atoms with Crippen molar-refractivity contribution in [1.29, 1.82) is 0 Å². The lowest BCUT2D eigenvalue weighted by Gasteiger charge is -2.28. The zero-order valence-electron chi connectivity index (χ0n) is 17.8. The Balaban J connectivity index is 1.49. The van der Waals surface area contributed by atoms with Crippen molar-refractivity contribution in [2.45, 2.75) is 46.2 Å². The molecule has 1 saturated carbocycles. The Morgan fingerprint density at radius 2 is 2.10 bits per heavy atom. The summed E-state index contributed by atoms with van der Waals surface area (Å²) in [5, 5.41) is 7.87. The van der Waals surface area contributed by atoms with Crippen molar-refractivity contribution in [3.63, 3.8) is 0 Å². The first-order valence-electron chi connectivity index (χ1n) is 10.6. The van der Waals surface area contributed by atoms with E-state index < -0.39 is 0 Å². The molecule has 2 fully saturated rings. The SMILES string of the molecule is COCCn1nc(C)c(NC(=O)[C@@]23CCC[C@@H]2CN(Cc2ccccc2)C3)c1C. The third-order valence-electron chi connectivity index (χ3n) is 6.77. The molecular weight excluding hydrogens is 364 g/mol. The van der Waals surface area contributed by atoms with Crippen LogP contribution >= 0.6 is 0 Å². The van der Waals surface area contributed by atoms with Gasteiger partial charge in [0.15, 0.2) is 0 Å². The normalized spacial score (nSPS) is 24.0. The third kappa shape index (κ3) is 3.83. The molecule has 2 aliphatic rings. The molecule has 2 atom stereocenters. The molecule has 0 radical (unpaired) electrons. The largest absolute Gasteiger partial charge is 0.383 e. The summed E-state index contributed by atoms with van der Waals surface area (Å²) in [4.78, 5) is 16.0. The lowest BCUT2D eigenvalue weighted by atomic mass is 9.79. The number of benzene rings is 1. The Bertz CT molecular complexity index is 863. The van der Waals surface area contributed by atoms with Gasteiger partial charge >= 0.3 is 0 Å². The number of aryl methyl sites for hydroxylation is 1. The molecule has 2 heterocycles. The molecule has 6 nitrogen and oxygen atoms in total. The molecule has 1 aliphatic carbocycles. The van der Waals surface area contributed by atoms with Gasteiger partial charge in [0.25, 0.3) is 0 Å². The second kappa shape index (κ2) is 8.28. The lowest BCUT2D eigenvalue weighted by molar-refractivity contribution is -0.126. The van der Waals surface area contributed by atoms with Crippen LogP contribution in [0.2, 0.25) is 0 Å². The highest BCUT2D eigenvalue weighted by atomic mass is 16.5. The van der Waals surface area contributed by atoms with Crippen molar-refractivity contribution in [2.24, 2.45) is 11.3 Å². The van der Waals surface area contributed by atoms with E-state index in [0.29, 0.717) is 19.1 Å². The van der Waals surface area contributed by atoms with Gasteiger partial charge in [0.05, 0.1) is 35.6 Å². The fourth-order valence-electron chi connectivity index (χ4n) is 5.24. The van der Waals surface area contributed by atoms with E-state index in [9.17, 15) is 4.79 Å². The van der Waals surface area contributed by atoms with Gasteiger partial charge in [-0.1, -0.05) is 36.8 Å². The minimum absolute atomic E-state index is 0.174. The Morgan fingerprint density at radius 3 is 2.86 bits per heavy atom. The van der Waals surface area contributed by atoms with Crippen LogP contribution in [0.4, 0.5) is 5.69 Å². The number of nitrogens with zero attached hydrogens (tertiary/aromatic N) is 3. The Kier molecular flexibility index (Phi) is 5.74. The molecule has 1 aromatic carbocycles. The number of nitrogens with one attached hydrogen (secondary N) is 1. The van der Waals surface area contributed by atoms with Crippen LogP contribution in [0.15, 0.2) is 30.3 Å². The van der Waals surface area contributed by atoms with Crippen LogP contribution in [0.5, 0.6) is 0 Å². The zero-order chi connectivity index (χ0) is 20.4. The van der Waals surface area contributed by atoms with Crippen LogP contribution < -0.4 is 5.32 Å². The van der Waals surface area contributed by atoms with E-state index in [0.717, 1.165) is 56.0 Å². The van der Waals surface area contributed by atoms with Crippen molar-refractivity contribution >= 4 is 11.6 Å². The van der Waals surface area contributed by atoms with Gasteiger partial charge < -0.3 is 10.1 Å². The van der Waals surface area contributed by atoms with Crippen LogP contribution in [0.1, 0.15) is 36.2 Å². The molecule has 0 spiro atoms. The fourth-order valence-corrected chi connectivity index (χ4v) is 5.24. The average Bonchev–Trinajstić information content (AvgIpc) is 3.34. The standard InChI is InChI=1S/C23H32N4O2/c1-17-21(18(2)27(25-17)12-13-29-3)24-22(28)23-11-7-10-20(23)15-26(16-23)14-19-8-5-4-6-9-19/h4-6,8-9,20H,7,10-16H2,1-3H3,(H,24,28)/t20-,23-/m1/s1. The minimum Gasteiger partial charge on any atom is -0.383 e. The second-order valence-corrected chi connectivity index (χ2v) is 8.62. The predicted octanol–water partition coefficient (Wildman–Crippen LogP) is 3.39. The first kappa shape index (κ1) is 20.1. The number of rotatable bonds is 7. The first-order valence-corrected chi connectivity index (χ1v) is 10.6. The maximum atomic E-state index is 13.5. The Hall–Kier alpha value is -2.18. The van der Waals surface area contributed by atoms with E-state index >= 15 is 0 Å². The van der Waals surface area contributed by atoms with Crippen LogP contribution in [0.3, 0.4) is 0 Å². The van der Waals surface area contributed by atoms with E-state index in [1.54, 1.807) is 7.11 Å². The van der Waals surface area contributed by atoms with E-state index in [-0.39, 0.29) is 11.3 Å². The summed E-state index contributed by atoms with van der Waals surface area (Å²) in [5.41, 5.74) is 3.78. The maximum absolute atomic E-state index is 13.5. The number of likely N-dealkylation sites (tertiary alicyclic amines) is 1. The van der Waals surface area contributed by atoms with Crippen molar-refractivity contribution in [1.82, 2.24) is 14.7 Å². The number of carbonyl (C=O) groups excluding carboxylic acids is 1. The molecule has 1 aromatic heterocycles. The second-order valence-electron chi connectivity index (χ2n) is 8.62. The van der Waals surface area contributed by atoms with Gasteiger partial charge in [0.2, 0.25) is 5.91 Å². The number of ether oxygens (including phenoxy) is 1. The summed E-state index contributed by atoms with van der Waals surface area (Å²) in [6.45, 7) is 8.05. The summed E-state index contributed by atoms with van der Waals surface area (Å²) < 4.78 is 7.10. The summed E-state index contributed by atoms with van der Waals surface area (Å²) >= 11 is 0. The molecule has 29 heavy (non-hydrogen) atoms. The number of aromatic nitrogens is 2. The zero-order valence-corrected chi connectivity index (χ0v) is 17.8. The van der Waals surface area contributed by atoms with Gasteiger partial charge in [-0.05, 0) is 38.2 Å². The van der Waals surface area contributed by atoms with Gasteiger partial charge in [-0.2, -0.15) is 5.10 Å². The molecule has 4 rings (SSSR count). The van der Waals surface area contributed by atoms with E-state index in [1.165, 1.54) is 5.56 Å². The molecule has 6 heteroatoms. The first-order chi connectivity index (χ1) is 14.0. The van der Waals surface area contributed by atoms with Gasteiger partial charge in [-0.3, -0.25) is 14.4 Å². The highest BCUT2D eigenvalue weighted by molar-refractivity contribution is 5.97. The molecule has 1 saturated heterocycles. The summed E-state index contributed by atoms with van der Waals surface area (Å²) in [6, 6.07) is 10.6.